The zero-order valence-electron chi connectivity index (χ0n) is 7.25. The Morgan fingerprint density at radius 3 is 2.79 bits per heavy atom. The second-order valence-corrected chi connectivity index (χ2v) is 2.32. The maximum atomic E-state index is 11.9. The summed E-state index contributed by atoms with van der Waals surface area (Å²) in [6.45, 7) is 0. The molecular weight excluding hydrogens is 197 g/mol. The summed E-state index contributed by atoms with van der Waals surface area (Å²) in [7, 11) is 1.44. The summed E-state index contributed by atoms with van der Waals surface area (Å²) in [6, 6.07) is 2.53. The van der Waals surface area contributed by atoms with Gasteiger partial charge in [0.2, 0.25) is 0 Å². The molecule has 14 heavy (non-hydrogen) atoms. The van der Waals surface area contributed by atoms with E-state index in [0.717, 1.165) is 0 Å². The molecule has 0 spiro atoms. The average molecular weight is 204 g/mol. The largest absolute Gasteiger partial charge is 0.573 e. The van der Waals surface area contributed by atoms with Gasteiger partial charge < -0.3 is 4.74 Å². The zero-order valence-corrected chi connectivity index (χ0v) is 7.25. The van der Waals surface area contributed by atoms with Crippen molar-refractivity contribution in [2.75, 3.05) is 7.05 Å². The number of alkyl halides is 3. The number of aromatic nitrogens is 1. The monoisotopic (exact) mass is 204 g/mol. The molecule has 76 valence electrons. The lowest BCUT2D eigenvalue weighted by atomic mass is 10.3. The molecule has 1 rings (SSSR count). The number of nitrogens with zero attached hydrogens (tertiary/aromatic N) is 2. The second-order valence-electron chi connectivity index (χ2n) is 2.32. The predicted molar refractivity (Wildman–Crippen MR) is 44.4 cm³/mol. The molecule has 0 saturated carbocycles. The highest BCUT2D eigenvalue weighted by molar-refractivity contribution is 5.80. The number of halogens is 3. The Bertz CT molecular complexity index is 336. The van der Waals surface area contributed by atoms with Gasteiger partial charge in [0.25, 0.3) is 0 Å². The molecular formula is C8H7F3N2O. The van der Waals surface area contributed by atoms with Gasteiger partial charge in [0, 0.05) is 13.2 Å². The van der Waals surface area contributed by atoms with Gasteiger partial charge in [-0.25, -0.2) is 0 Å². The number of hydrogen-bond donors (Lipinski definition) is 0. The van der Waals surface area contributed by atoms with Crippen LogP contribution in [0.15, 0.2) is 23.3 Å². The number of aliphatic imine (C=N–C) groups is 1. The molecule has 0 aliphatic carbocycles. The van der Waals surface area contributed by atoms with E-state index in [9.17, 15) is 13.2 Å². The molecule has 6 heteroatoms. The van der Waals surface area contributed by atoms with Crippen LogP contribution in [-0.4, -0.2) is 24.6 Å². The van der Waals surface area contributed by atoms with Crippen LogP contribution in [0.4, 0.5) is 13.2 Å². The minimum Gasteiger partial charge on any atom is -0.403 e. The van der Waals surface area contributed by atoms with Gasteiger partial charge in [-0.3, -0.25) is 9.98 Å². The van der Waals surface area contributed by atoms with Crippen LogP contribution in [0.2, 0.25) is 0 Å². The fourth-order valence-corrected chi connectivity index (χ4v) is 0.833. The molecule has 0 aliphatic rings. The number of pyridine rings is 1. The smallest absolute Gasteiger partial charge is 0.403 e. The Hall–Kier alpha value is -1.59. The fourth-order valence-electron chi connectivity index (χ4n) is 0.833. The highest BCUT2D eigenvalue weighted by Gasteiger charge is 2.32. The molecule has 0 bridgehead atoms. The van der Waals surface area contributed by atoms with E-state index in [4.69, 9.17) is 0 Å². The van der Waals surface area contributed by atoms with E-state index in [-0.39, 0.29) is 11.4 Å². The average Bonchev–Trinajstić information content (AvgIpc) is 2.06. The number of rotatable bonds is 2. The predicted octanol–water partition coefficient (Wildman–Crippen LogP) is 2.03. The van der Waals surface area contributed by atoms with Crippen molar-refractivity contribution in [3.8, 4) is 5.75 Å². The molecule has 0 radical (unpaired) electrons. The standard InChI is InChI=1S/C8H7F3N2O/c1-12-5-6-7(3-2-4-13-6)14-8(9,10)11/h2-5H,1H3/b12-5-. The first-order valence-corrected chi connectivity index (χ1v) is 3.66. The van der Waals surface area contributed by atoms with Gasteiger partial charge in [0.1, 0.15) is 5.69 Å². The minimum atomic E-state index is -4.71. The third kappa shape index (κ3) is 3.04. The van der Waals surface area contributed by atoms with Gasteiger partial charge in [-0.1, -0.05) is 0 Å². The Labute approximate surface area is 78.3 Å². The molecule has 0 unspecified atom stereocenters. The van der Waals surface area contributed by atoms with Crippen LogP contribution in [0, 0.1) is 0 Å². The van der Waals surface area contributed by atoms with E-state index < -0.39 is 6.36 Å². The third-order valence-electron chi connectivity index (χ3n) is 1.28. The van der Waals surface area contributed by atoms with Gasteiger partial charge in [0.05, 0.1) is 6.21 Å². The number of ether oxygens (including phenoxy) is 1. The normalized spacial score (nSPS) is 12.0. The van der Waals surface area contributed by atoms with Gasteiger partial charge in [-0.05, 0) is 12.1 Å². The molecule has 0 aliphatic heterocycles. The molecule has 0 saturated heterocycles. The van der Waals surface area contributed by atoms with Crippen LogP contribution in [0.25, 0.3) is 0 Å². The van der Waals surface area contributed by atoms with E-state index in [0.29, 0.717) is 0 Å². The van der Waals surface area contributed by atoms with Crippen molar-refractivity contribution in [1.29, 1.82) is 0 Å². The first-order chi connectivity index (χ1) is 6.53. The third-order valence-corrected chi connectivity index (χ3v) is 1.28. The summed E-state index contributed by atoms with van der Waals surface area (Å²) in [5.41, 5.74) is 0.0484. The summed E-state index contributed by atoms with van der Waals surface area (Å²) >= 11 is 0. The van der Waals surface area contributed by atoms with E-state index in [1.54, 1.807) is 0 Å². The van der Waals surface area contributed by atoms with Crippen molar-refractivity contribution >= 4 is 6.21 Å². The Kier molecular flexibility index (Phi) is 3.06. The van der Waals surface area contributed by atoms with Gasteiger partial charge in [-0.2, -0.15) is 0 Å². The molecule has 1 aromatic heterocycles. The second kappa shape index (κ2) is 4.08. The first-order valence-electron chi connectivity index (χ1n) is 3.66. The Morgan fingerprint density at radius 1 is 1.50 bits per heavy atom. The van der Waals surface area contributed by atoms with Gasteiger partial charge in [0.15, 0.2) is 5.75 Å². The fraction of sp³-hybridized carbons (Fsp3) is 0.250. The molecule has 0 fully saturated rings. The minimum absolute atomic E-state index is 0.0484. The highest BCUT2D eigenvalue weighted by Crippen LogP contribution is 2.23. The van der Waals surface area contributed by atoms with E-state index in [1.807, 2.05) is 0 Å². The summed E-state index contributed by atoms with van der Waals surface area (Å²) < 4.78 is 39.3. The van der Waals surface area contributed by atoms with Crippen LogP contribution >= 0.6 is 0 Å². The summed E-state index contributed by atoms with van der Waals surface area (Å²) in [5.74, 6) is -0.356. The highest BCUT2D eigenvalue weighted by atomic mass is 19.4. The van der Waals surface area contributed by atoms with Crippen molar-refractivity contribution in [3.05, 3.63) is 24.0 Å². The van der Waals surface area contributed by atoms with E-state index >= 15 is 0 Å². The van der Waals surface area contributed by atoms with Crippen molar-refractivity contribution in [2.45, 2.75) is 6.36 Å². The summed E-state index contributed by atoms with van der Waals surface area (Å²) in [6.07, 6.45) is -2.15. The van der Waals surface area contributed by atoms with Crippen molar-refractivity contribution in [3.63, 3.8) is 0 Å². The molecule has 0 N–H and O–H groups in total. The lowest BCUT2D eigenvalue weighted by Crippen LogP contribution is -2.18. The van der Waals surface area contributed by atoms with E-state index in [2.05, 4.69) is 14.7 Å². The Morgan fingerprint density at radius 2 is 2.21 bits per heavy atom. The summed E-state index contributed by atoms with van der Waals surface area (Å²) in [4.78, 5) is 7.24. The van der Waals surface area contributed by atoms with Crippen molar-refractivity contribution in [1.82, 2.24) is 4.98 Å². The maximum Gasteiger partial charge on any atom is 0.573 e. The lowest BCUT2D eigenvalue weighted by Gasteiger charge is -2.09. The molecule has 1 aromatic rings. The maximum absolute atomic E-state index is 11.9. The molecule has 1 heterocycles. The topological polar surface area (TPSA) is 34.5 Å². The summed E-state index contributed by atoms with van der Waals surface area (Å²) in [5, 5.41) is 0. The molecule has 0 amide bonds. The molecule has 0 atom stereocenters. The van der Waals surface area contributed by atoms with E-state index in [1.165, 1.54) is 31.6 Å². The van der Waals surface area contributed by atoms with Gasteiger partial charge in [-0.15, -0.1) is 13.2 Å². The Balaban J connectivity index is 2.96. The SMILES string of the molecule is C/N=C\c1ncccc1OC(F)(F)F. The van der Waals surface area contributed by atoms with Crippen LogP contribution in [0.3, 0.4) is 0 Å². The van der Waals surface area contributed by atoms with Crippen molar-refractivity contribution in [2.24, 2.45) is 4.99 Å². The van der Waals surface area contributed by atoms with Crippen LogP contribution < -0.4 is 4.74 Å². The first kappa shape index (κ1) is 10.5. The quantitative estimate of drug-likeness (QED) is 0.691. The van der Waals surface area contributed by atoms with Crippen LogP contribution in [0.5, 0.6) is 5.75 Å². The van der Waals surface area contributed by atoms with Gasteiger partial charge >= 0.3 is 6.36 Å². The van der Waals surface area contributed by atoms with Crippen molar-refractivity contribution < 1.29 is 17.9 Å². The molecule has 0 aromatic carbocycles. The van der Waals surface area contributed by atoms with Crippen LogP contribution in [0.1, 0.15) is 5.69 Å². The lowest BCUT2D eigenvalue weighted by molar-refractivity contribution is -0.274. The van der Waals surface area contributed by atoms with Crippen LogP contribution in [-0.2, 0) is 0 Å². The number of hydrogen-bond acceptors (Lipinski definition) is 3. The zero-order chi connectivity index (χ0) is 10.6. The molecule has 3 nitrogen and oxygen atoms in total.